The van der Waals surface area contributed by atoms with E-state index in [1.807, 2.05) is 0 Å². The van der Waals surface area contributed by atoms with Crippen LogP contribution >= 0.6 is 0 Å². The van der Waals surface area contributed by atoms with Crippen molar-refractivity contribution in [3.8, 4) is 11.4 Å². The van der Waals surface area contributed by atoms with Gasteiger partial charge in [-0.15, -0.1) is 0 Å². The van der Waals surface area contributed by atoms with Gasteiger partial charge in [0.2, 0.25) is 11.7 Å². The van der Waals surface area contributed by atoms with Gasteiger partial charge in [-0.05, 0) is 55.7 Å². The van der Waals surface area contributed by atoms with Crippen LogP contribution in [-0.4, -0.2) is 27.6 Å². The van der Waals surface area contributed by atoms with Crippen molar-refractivity contribution >= 4 is 11.7 Å². The van der Waals surface area contributed by atoms with Crippen LogP contribution in [0.25, 0.3) is 11.4 Å². The normalized spacial score (nSPS) is 16.7. The summed E-state index contributed by atoms with van der Waals surface area (Å²) in [6, 6.07) is 7.58. The molecule has 2 heterocycles. The van der Waals surface area contributed by atoms with E-state index >= 15 is 0 Å². The number of benzene rings is 2. The molecule has 1 saturated heterocycles. The Hall–Kier alpha value is -3.36. The molecule has 1 atom stereocenters. The Balaban J connectivity index is 1.54. The van der Waals surface area contributed by atoms with Crippen LogP contribution in [0.15, 0.2) is 47.0 Å². The Morgan fingerprint density at radius 2 is 1.83 bits per heavy atom. The zero-order chi connectivity index (χ0) is 20.4. The molecule has 0 unspecified atom stereocenters. The first-order valence-corrected chi connectivity index (χ1v) is 9.13. The molecule has 0 saturated carbocycles. The van der Waals surface area contributed by atoms with Gasteiger partial charge in [-0.25, -0.2) is 18.0 Å². The molecule has 1 aliphatic heterocycles. The highest BCUT2D eigenvalue weighted by atomic mass is 19.1. The average molecular weight is 402 g/mol. The summed E-state index contributed by atoms with van der Waals surface area (Å²) in [5.41, 5.74) is 0.472. The monoisotopic (exact) mass is 402 g/mol. The van der Waals surface area contributed by atoms with E-state index in [0.717, 1.165) is 18.9 Å². The third-order valence-corrected chi connectivity index (χ3v) is 4.77. The molecule has 1 N–H and O–H groups in total. The van der Waals surface area contributed by atoms with Gasteiger partial charge in [-0.2, -0.15) is 4.98 Å². The quantitative estimate of drug-likeness (QED) is 0.676. The number of nitrogens with one attached hydrogen (secondary N) is 1. The van der Waals surface area contributed by atoms with Crippen LogP contribution in [0.5, 0.6) is 0 Å². The van der Waals surface area contributed by atoms with Gasteiger partial charge in [0, 0.05) is 18.2 Å². The van der Waals surface area contributed by atoms with Crippen molar-refractivity contribution in [3.63, 3.8) is 0 Å². The molecular formula is C20H17F3N4O2. The van der Waals surface area contributed by atoms with Gasteiger partial charge >= 0.3 is 6.03 Å². The van der Waals surface area contributed by atoms with E-state index in [1.54, 1.807) is 0 Å². The standard InChI is InChI=1S/C20H17F3N4O2/c21-13-6-4-12(5-7-13)18-25-19(29-26-18)17-3-1-2-10-27(17)20(28)24-16-9-8-14(22)11-15(16)23/h4-9,11,17H,1-3,10H2,(H,24,28)/t17-/m1/s1. The van der Waals surface area contributed by atoms with Crippen LogP contribution in [0.2, 0.25) is 0 Å². The van der Waals surface area contributed by atoms with Gasteiger partial charge in [0.1, 0.15) is 23.5 Å². The van der Waals surface area contributed by atoms with E-state index in [0.29, 0.717) is 24.6 Å². The Labute approximate surface area is 164 Å². The number of nitrogens with zero attached hydrogens (tertiary/aromatic N) is 3. The van der Waals surface area contributed by atoms with Crippen molar-refractivity contribution < 1.29 is 22.5 Å². The fourth-order valence-corrected chi connectivity index (χ4v) is 3.30. The fourth-order valence-electron chi connectivity index (χ4n) is 3.30. The largest absolute Gasteiger partial charge is 0.337 e. The maximum absolute atomic E-state index is 13.9. The number of rotatable bonds is 3. The molecule has 3 aromatic rings. The number of aromatic nitrogens is 2. The first kappa shape index (κ1) is 19.0. The number of hydrogen-bond donors (Lipinski definition) is 1. The van der Waals surface area contributed by atoms with E-state index < -0.39 is 23.7 Å². The molecule has 1 aliphatic rings. The fraction of sp³-hybridized carbons (Fsp3) is 0.250. The molecule has 1 fully saturated rings. The predicted molar refractivity (Wildman–Crippen MR) is 98.4 cm³/mol. The lowest BCUT2D eigenvalue weighted by atomic mass is 10.0. The van der Waals surface area contributed by atoms with Gasteiger partial charge in [-0.1, -0.05) is 5.16 Å². The topological polar surface area (TPSA) is 71.3 Å². The smallest absolute Gasteiger partial charge is 0.322 e. The molecule has 4 rings (SSSR count). The Morgan fingerprint density at radius 3 is 2.59 bits per heavy atom. The van der Waals surface area contributed by atoms with E-state index in [-0.39, 0.29) is 23.2 Å². The van der Waals surface area contributed by atoms with Crippen LogP contribution in [0.1, 0.15) is 31.2 Å². The first-order chi connectivity index (χ1) is 14.0. The zero-order valence-corrected chi connectivity index (χ0v) is 15.2. The lowest BCUT2D eigenvalue weighted by Gasteiger charge is -2.33. The third kappa shape index (κ3) is 4.08. The minimum absolute atomic E-state index is 0.113. The zero-order valence-electron chi connectivity index (χ0n) is 15.2. The van der Waals surface area contributed by atoms with E-state index in [2.05, 4.69) is 15.5 Å². The van der Waals surface area contributed by atoms with Crippen molar-refractivity contribution in [1.29, 1.82) is 0 Å². The van der Waals surface area contributed by atoms with Gasteiger partial charge in [0.15, 0.2) is 0 Å². The van der Waals surface area contributed by atoms with E-state index in [1.165, 1.54) is 35.2 Å². The Kier molecular flexibility index (Phi) is 5.20. The number of carbonyl (C=O) groups excluding carboxylic acids is 1. The van der Waals surface area contributed by atoms with E-state index in [9.17, 15) is 18.0 Å². The summed E-state index contributed by atoms with van der Waals surface area (Å²) in [4.78, 5) is 18.6. The lowest BCUT2D eigenvalue weighted by Crippen LogP contribution is -2.41. The number of amides is 2. The third-order valence-electron chi connectivity index (χ3n) is 4.77. The molecule has 150 valence electrons. The summed E-state index contributed by atoms with van der Waals surface area (Å²) in [5, 5.41) is 6.39. The summed E-state index contributed by atoms with van der Waals surface area (Å²) in [7, 11) is 0. The van der Waals surface area contributed by atoms with Gasteiger partial charge in [-0.3, -0.25) is 0 Å². The number of anilines is 1. The number of carbonyl (C=O) groups is 1. The molecule has 2 aromatic carbocycles. The molecule has 29 heavy (non-hydrogen) atoms. The maximum atomic E-state index is 13.9. The molecule has 6 nitrogen and oxygen atoms in total. The second kappa shape index (κ2) is 7.94. The molecule has 0 bridgehead atoms. The summed E-state index contributed by atoms with van der Waals surface area (Å²) in [5.74, 6) is -1.42. The minimum Gasteiger partial charge on any atom is -0.337 e. The second-order valence-electron chi connectivity index (χ2n) is 6.72. The highest BCUT2D eigenvalue weighted by molar-refractivity contribution is 5.89. The Morgan fingerprint density at radius 1 is 1.07 bits per heavy atom. The van der Waals surface area contributed by atoms with Crippen LogP contribution in [-0.2, 0) is 0 Å². The number of halogens is 3. The SMILES string of the molecule is O=C(Nc1ccc(F)cc1F)N1CCCC[C@@H]1c1nc(-c2ccc(F)cc2)no1. The van der Waals surface area contributed by atoms with Crippen LogP contribution in [0.3, 0.4) is 0 Å². The summed E-state index contributed by atoms with van der Waals surface area (Å²) < 4.78 is 45.4. The predicted octanol–water partition coefficient (Wildman–Crippen LogP) is 4.91. The van der Waals surface area contributed by atoms with E-state index in [4.69, 9.17) is 4.52 Å². The van der Waals surface area contributed by atoms with Gasteiger partial charge in [0.05, 0.1) is 5.69 Å². The molecule has 0 aliphatic carbocycles. The summed E-state index contributed by atoms with van der Waals surface area (Å²) in [6.07, 6.45) is 2.23. The number of piperidine rings is 1. The lowest BCUT2D eigenvalue weighted by molar-refractivity contribution is 0.142. The maximum Gasteiger partial charge on any atom is 0.322 e. The number of urea groups is 1. The molecule has 2 amide bonds. The summed E-state index contributed by atoms with van der Waals surface area (Å²) >= 11 is 0. The Bertz CT molecular complexity index is 1020. The van der Waals surface area contributed by atoms with Crippen LogP contribution < -0.4 is 5.32 Å². The van der Waals surface area contributed by atoms with Crippen molar-refractivity contribution in [3.05, 3.63) is 65.8 Å². The average Bonchev–Trinajstić information content (AvgIpc) is 3.20. The molecule has 0 radical (unpaired) electrons. The van der Waals surface area contributed by atoms with Gasteiger partial charge in [0.25, 0.3) is 0 Å². The second-order valence-corrected chi connectivity index (χ2v) is 6.72. The van der Waals surface area contributed by atoms with Crippen LogP contribution in [0, 0.1) is 17.5 Å². The highest BCUT2D eigenvalue weighted by Crippen LogP contribution is 2.32. The molecule has 9 heteroatoms. The minimum atomic E-state index is -0.858. The van der Waals surface area contributed by atoms with Crippen molar-refractivity contribution in [2.45, 2.75) is 25.3 Å². The number of likely N-dealkylation sites (tertiary alicyclic amines) is 1. The van der Waals surface area contributed by atoms with Crippen LogP contribution in [0.4, 0.5) is 23.7 Å². The highest BCUT2D eigenvalue weighted by Gasteiger charge is 2.32. The molecular weight excluding hydrogens is 385 g/mol. The molecule has 0 spiro atoms. The first-order valence-electron chi connectivity index (χ1n) is 9.13. The summed E-state index contributed by atoms with van der Waals surface area (Å²) in [6.45, 7) is 0.424. The van der Waals surface area contributed by atoms with Crippen molar-refractivity contribution in [2.24, 2.45) is 0 Å². The molecule has 1 aromatic heterocycles. The number of hydrogen-bond acceptors (Lipinski definition) is 4. The van der Waals surface area contributed by atoms with Gasteiger partial charge < -0.3 is 14.7 Å². The van der Waals surface area contributed by atoms with Crippen molar-refractivity contribution in [1.82, 2.24) is 15.0 Å². The van der Waals surface area contributed by atoms with Crippen molar-refractivity contribution in [2.75, 3.05) is 11.9 Å².